The van der Waals surface area contributed by atoms with E-state index in [4.69, 9.17) is 22.1 Å². The van der Waals surface area contributed by atoms with Gasteiger partial charge in [0.05, 0.1) is 8.07 Å². The van der Waals surface area contributed by atoms with Crippen LogP contribution in [0.3, 0.4) is 0 Å². The Kier molecular flexibility index (Phi) is 15.0. The Labute approximate surface area is 193 Å². The largest absolute Gasteiger partial charge is 0.0623 e. The van der Waals surface area contributed by atoms with E-state index in [9.17, 15) is 0 Å². The van der Waals surface area contributed by atoms with Gasteiger partial charge in [-0.15, -0.1) is 0 Å². The maximum atomic E-state index is 7.00. The molecule has 3 atom stereocenters. The Morgan fingerprint density at radius 3 is 1.64 bits per heavy atom. The van der Waals surface area contributed by atoms with E-state index in [0.29, 0.717) is 0 Å². The number of aliphatic hydroxyl groups excluding tert-OH is 1. The summed E-state index contributed by atoms with van der Waals surface area (Å²) < 4.78 is 0. The van der Waals surface area contributed by atoms with Crippen molar-refractivity contribution in [2.24, 2.45) is 11.8 Å². The van der Waals surface area contributed by atoms with E-state index in [1.165, 1.54) is 17.0 Å². The maximum Gasteiger partial charge on any atom is -0.0623 e. The van der Waals surface area contributed by atoms with Gasteiger partial charge in [0.2, 0.25) is 0 Å². The Bertz CT molecular complexity index is 456. The van der Waals surface area contributed by atoms with Crippen molar-refractivity contribution < 1.29 is 26.0 Å². The van der Waals surface area contributed by atoms with Gasteiger partial charge >= 0.3 is 37.9 Å². The first-order valence-electron chi connectivity index (χ1n) is 11.0. The fourth-order valence-electron chi connectivity index (χ4n) is 6.01. The summed E-state index contributed by atoms with van der Waals surface area (Å²) in [6.45, 7) is 5.51. The van der Waals surface area contributed by atoms with Crippen molar-refractivity contribution >= 4 is 25.1 Å². The summed E-state index contributed by atoms with van der Waals surface area (Å²) in [7, 11) is 9.92. The van der Waals surface area contributed by atoms with Crippen LogP contribution in [-0.4, -0.2) is 20.3 Å². The van der Waals surface area contributed by atoms with Gasteiger partial charge in [-0.2, -0.15) is 0 Å². The Morgan fingerprint density at radius 1 is 0.714 bits per heavy atom. The first-order chi connectivity index (χ1) is 13.6. The Hall–Kier alpha value is 0.860. The first kappa shape index (κ1) is 26.9. The van der Waals surface area contributed by atoms with Crippen molar-refractivity contribution in [2.75, 3.05) is 7.11 Å². The molecule has 0 aliphatic heterocycles. The van der Waals surface area contributed by atoms with Gasteiger partial charge in [0, 0.05) is 7.11 Å². The molecular formula is C23H40Cl2OSiZr. The molecule has 0 heterocycles. The number of rotatable bonds is 2. The molecule has 0 radical (unpaired) electrons. The van der Waals surface area contributed by atoms with E-state index in [2.05, 4.69) is 13.1 Å². The van der Waals surface area contributed by atoms with Crippen LogP contribution in [0.4, 0.5) is 0 Å². The maximum absolute atomic E-state index is 7.00. The monoisotopic (exact) mass is 520 g/mol. The average molecular weight is 523 g/mol. The molecule has 5 heteroatoms. The summed E-state index contributed by atoms with van der Waals surface area (Å²) in [4.78, 5) is 0. The minimum absolute atomic E-state index is 0.826. The van der Waals surface area contributed by atoms with Crippen LogP contribution in [0.2, 0.25) is 24.2 Å². The number of benzene rings is 1. The molecule has 0 aromatic heterocycles. The third-order valence-electron chi connectivity index (χ3n) is 7.36. The van der Waals surface area contributed by atoms with Crippen molar-refractivity contribution in [3.05, 3.63) is 36.4 Å². The van der Waals surface area contributed by atoms with Crippen molar-refractivity contribution in [1.82, 2.24) is 0 Å². The number of fused-ring (bicyclic) bond motifs is 1. The van der Waals surface area contributed by atoms with E-state index < -0.39 is 28.9 Å². The van der Waals surface area contributed by atoms with Crippen molar-refractivity contribution in [3.63, 3.8) is 0 Å². The predicted octanol–water partition coefficient (Wildman–Crippen LogP) is 8.28. The van der Waals surface area contributed by atoms with Gasteiger partial charge in [-0.3, -0.25) is 0 Å². The second kappa shape index (κ2) is 15.6. The van der Waals surface area contributed by atoms with Crippen LogP contribution < -0.4 is 0 Å². The molecule has 160 valence electrons. The molecule has 1 N–H and O–H groups in total. The van der Waals surface area contributed by atoms with E-state index in [1.807, 2.05) is 36.4 Å². The summed E-state index contributed by atoms with van der Waals surface area (Å²) in [5.41, 5.74) is 2.39. The molecule has 3 aliphatic carbocycles. The number of hydrogen-bond donors (Lipinski definition) is 1. The van der Waals surface area contributed by atoms with E-state index >= 15 is 0 Å². The molecule has 1 aromatic rings. The van der Waals surface area contributed by atoms with Crippen molar-refractivity contribution in [3.8, 4) is 0 Å². The fraction of sp³-hybridized carbons (Fsp3) is 0.739. The third kappa shape index (κ3) is 8.54. The molecule has 1 nitrogen and oxygen atoms in total. The van der Waals surface area contributed by atoms with Crippen molar-refractivity contribution in [2.45, 2.75) is 88.4 Å². The quantitative estimate of drug-likeness (QED) is 0.388. The van der Waals surface area contributed by atoms with Gasteiger partial charge in [0.1, 0.15) is 0 Å². The van der Waals surface area contributed by atoms with Crippen LogP contribution in [0.5, 0.6) is 0 Å². The summed E-state index contributed by atoms with van der Waals surface area (Å²) >= 11 is -0.826. The molecule has 0 amide bonds. The van der Waals surface area contributed by atoms with Gasteiger partial charge in [-0.25, -0.2) is 0 Å². The van der Waals surface area contributed by atoms with Crippen LogP contribution in [0.25, 0.3) is 0 Å². The summed E-state index contributed by atoms with van der Waals surface area (Å²) in [6, 6.07) is 12.0. The van der Waals surface area contributed by atoms with Gasteiger partial charge < -0.3 is 5.11 Å². The number of aliphatic hydroxyl groups is 1. The molecule has 3 aliphatic rings. The summed E-state index contributed by atoms with van der Waals surface area (Å²) in [5.74, 6) is 2.33. The zero-order chi connectivity index (χ0) is 20.8. The SMILES string of the molecule is CO.C[Si](C)(C1CCCC1)C1CCC2CCCCC21.[Cl][Zr][Cl].c1ccccc1. The first-order valence-corrected chi connectivity index (χ1v) is 20.5. The molecule has 3 fully saturated rings. The molecular weight excluding hydrogens is 482 g/mol. The third-order valence-corrected chi connectivity index (χ3v) is 12.7. The second-order valence-electron chi connectivity index (χ2n) is 8.92. The smallest absolute Gasteiger partial charge is 0.0623 e. The normalized spacial score (nSPS) is 26.4. The molecule has 3 saturated carbocycles. The number of halogens is 2. The molecule has 0 saturated heterocycles. The Balaban J connectivity index is 0.000000297. The van der Waals surface area contributed by atoms with E-state index in [1.54, 1.807) is 64.2 Å². The molecule has 0 spiro atoms. The zero-order valence-electron chi connectivity index (χ0n) is 18.0. The van der Waals surface area contributed by atoms with E-state index in [0.717, 1.165) is 13.0 Å². The van der Waals surface area contributed by atoms with Crippen LogP contribution >= 0.6 is 17.0 Å². The Morgan fingerprint density at radius 2 is 1.14 bits per heavy atom. The van der Waals surface area contributed by atoms with Gasteiger partial charge in [-0.05, 0) is 22.9 Å². The van der Waals surface area contributed by atoms with Gasteiger partial charge in [-0.1, -0.05) is 114 Å². The fourth-order valence-corrected chi connectivity index (χ4v) is 11.0. The molecule has 0 bridgehead atoms. The standard InChI is InChI=1S/C16H30Si.C6H6.CH4O.2ClH.Zr/c1-17(2,14-8-4-5-9-14)16-12-11-13-7-3-6-10-15(13)16;1-2-4-6-5-3-1;1-2;;;/h13-16H,3-12H2,1-2H3;1-6H;2H,1H3;2*1H;/q;;;;;+2/p-2. The summed E-state index contributed by atoms with van der Waals surface area (Å²) in [6.07, 6.45) is 15.7. The topological polar surface area (TPSA) is 20.2 Å². The van der Waals surface area contributed by atoms with Crippen LogP contribution in [0, 0.1) is 11.8 Å². The zero-order valence-corrected chi connectivity index (χ0v) is 23.0. The van der Waals surface area contributed by atoms with Gasteiger partial charge in [0.15, 0.2) is 0 Å². The minimum Gasteiger partial charge on any atom is -0.0623 e. The minimum atomic E-state index is -0.945. The second-order valence-corrected chi connectivity index (χ2v) is 17.9. The van der Waals surface area contributed by atoms with E-state index in [-0.39, 0.29) is 0 Å². The molecule has 28 heavy (non-hydrogen) atoms. The van der Waals surface area contributed by atoms with Crippen LogP contribution in [0.1, 0.15) is 64.2 Å². The predicted molar refractivity (Wildman–Crippen MR) is 124 cm³/mol. The van der Waals surface area contributed by atoms with Crippen molar-refractivity contribution in [1.29, 1.82) is 0 Å². The van der Waals surface area contributed by atoms with Gasteiger partial charge in [0.25, 0.3) is 0 Å². The molecule has 4 rings (SSSR count). The van der Waals surface area contributed by atoms with Crippen LogP contribution in [0.15, 0.2) is 36.4 Å². The average Bonchev–Trinajstić information content (AvgIpc) is 3.43. The summed E-state index contributed by atoms with van der Waals surface area (Å²) in [5, 5.41) is 7.00. The molecule has 3 unspecified atom stereocenters. The van der Waals surface area contributed by atoms with Crippen LogP contribution in [-0.2, 0) is 20.8 Å². The molecule has 1 aromatic carbocycles. The number of hydrogen-bond acceptors (Lipinski definition) is 1.